The van der Waals surface area contributed by atoms with Gasteiger partial charge in [0.05, 0.1) is 12.2 Å². The lowest BCUT2D eigenvalue weighted by atomic mass is 10.1. The first-order chi connectivity index (χ1) is 7.13. The lowest BCUT2D eigenvalue weighted by Gasteiger charge is -2.13. The van der Waals surface area contributed by atoms with Gasteiger partial charge >= 0.3 is 0 Å². The second kappa shape index (κ2) is 5.76. The van der Waals surface area contributed by atoms with Crippen molar-refractivity contribution >= 4 is 0 Å². The van der Waals surface area contributed by atoms with E-state index in [1.54, 1.807) is 0 Å². The van der Waals surface area contributed by atoms with E-state index < -0.39 is 0 Å². The number of ether oxygens (including phenoxy) is 1. The zero-order valence-electron chi connectivity index (χ0n) is 9.73. The van der Waals surface area contributed by atoms with Crippen LogP contribution in [0.25, 0.3) is 0 Å². The predicted molar refractivity (Wildman–Crippen MR) is 62.1 cm³/mol. The molecule has 0 saturated heterocycles. The molecule has 0 radical (unpaired) electrons. The lowest BCUT2D eigenvalue weighted by molar-refractivity contribution is 0.165. The second-order valence-corrected chi connectivity index (χ2v) is 4.04. The molecule has 84 valence electrons. The van der Waals surface area contributed by atoms with Crippen LogP contribution in [0, 0.1) is 0 Å². The van der Waals surface area contributed by atoms with E-state index in [9.17, 15) is 5.11 Å². The van der Waals surface area contributed by atoms with E-state index >= 15 is 0 Å². The molecule has 2 nitrogen and oxygen atoms in total. The average Bonchev–Trinajstić information content (AvgIpc) is 2.17. The summed E-state index contributed by atoms with van der Waals surface area (Å²) >= 11 is 0. The van der Waals surface area contributed by atoms with Crippen molar-refractivity contribution in [3.05, 3.63) is 29.8 Å². The highest BCUT2D eigenvalue weighted by Gasteiger charge is 2.07. The van der Waals surface area contributed by atoms with Crippen LogP contribution < -0.4 is 4.74 Å². The molecule has 0 bridgehead atoms. The summed E-state index contributed by atoms with van der Waals surface area (Å²) < 4.78 is 5.57. The molecule has 0 aliphatic heterocycles. The van der Waals surface area contributed by atoms with Crippen LogP contribution in [-0.2, 0) is 0 Å². The van der Waals surface area contributed by atoms with E-state index in [1.165, 1.54) is 0 Å². The minimum absolute atomic E-state index is 0.170. The number of aliphatic hydroxyl groups excluding tert-OH is 1. The Kier molecular flexibility index (Phi) is 4.63. The van der Waals surface area contributed by atoms with Gasteiger partial charge in [0.1, 0.15) is 5.75 Å². The van der Waals surface area contributed by atoms with Gasteiger partial charge in [-0.2, -0.15) is 0 Å². The molecule has 1 atom stereocenters. The Balaban J connectivity index is 2.73. The van der Waals surface area contributed by atoms with Crippen LogP contribution in [0.4, 0.5) is 0 Å². The Hall–Kier alpha value is -1.02. The van der Waals surface area contributed by atoms with Gasteiger partial charge in [-0.25, -0.2) is 0 Å². The van der Waals surface area contributed by atoms with Crippen molar-refractivity contribution in [1.82, 2.24) is 0 Å². The highest BCUT2D eigenvalue weighted by Crippen LogP contribution is 2.22. The van der Waals surface area contributed by atoms with Crippen LogP contribution >= 0.6 is 0 Å². The van der Waals surface area contributed by atoms with Gasteiger partial charge in [-0.1, -0.05) is 25.5 Å². The van der Waals surface area contributed by atoms with Gasteiger partial charge in [0, 0.05) is 0 Å². The molecule has 0 saturated carbocycles. The summed E-state index contributed by atoms with van der Waals surface area (Å²) in [5.41, 5.74) is 0.940. The minimum Gasteiger partial charge on any atom is -0.491 e. The normalized spacial score (nSPS) is 12.9. The number of aliphatic hydroxyl groups is 1. The number of benzene rings is 1. The smallest absolute Gasteiger partial charge is 0.120 e. The summed E-state index contributed by atoms with van der Waals surface area (Å²) in [6, 6.07) is 7.70. The zero-order chi connectivity index (χ0) is 11.3. The van der Waals surface area contributed by atoms with Crippen molar-refractivity contribution in [2.45, 2.75) is 45.8 Å². The number of hydrogen-bond donors (Lipinski definition) is 1. The predicted octanol–water partition coefficient (Wildman–Crippen LogP) is 3.31. The Morgan fingerprint density at radius 3 is 2.67 bits per heavy atom. The molecule has 0 amide bonds. The summed E-state index contributed by atoms with van der Waals surface area (Å²) in [7, 11) is 0. The molecule has 0 aliphatic carbocycles. The van der Waals surface area contributed by atoms with Gasteiger partial charge in [0.2, 0.25) is 0 Å². The Morgan fingerprint density at radius 2 is 2.07 bits per heavy atom. The Bertz CT molecular complexity index is 294. The minimum atomic E-state index is -0.370. The molecule has 1 aromatic rings. The van der Waals surface area contributed by atoms with E-state index in [2.05, 4.69) is 6.92 Å². The molecule has 1 N–H and O–H groups in total. The fourth-order valence-electron chi connectivity index (χ4n) is 1.51. The van der Waals surface area contributed by atoms with Gasteiger partial charge < -0.3 is 9.84 Å². The molecule has 0 aromatic heterocycles. The van der Waals surface area contributed by atoms with Crippen LogP contribution in [0.15, 0.2) is 24.3 Å². The van der Waals surface area contributed by atoms with E-state index in [1.807, 2.05) is 38.1 Å². The molecule has 0 fully saturated rings. The topological polar surface area (TPSA) is 29.5 Å². The third-order valence-corrected chi connectivity index (χ3v) is 2.18. The monoisotopic (exact) mass is 208 g/mol. The van der Waals surface area contributed by atoms with Crippen LogP contribution in [0.3, 0.4) is 0 Å². The van der Waals surface area contributed by atoms with Gasteiger partial charge in [-0.15, -0.1) is 0 Å². The molecule has 2 heteroatoms. The van der Waals surface area contributed by atoms with Crippen molar-refractivity contribution in [3.63, 3.8) is 0 Å². The molecular formula is C13H20O2. The van der Waals surface area contributed by atoms with Gasteiger partial charge in [-0.05, 0) is 38.0 Å². The van der Waals surface area contributed by atoms with Gasteiger partial charge in [-0.3, -0.25) is 0 Å². The van der Waals surface area contributed by atoms with Crippen LogP contribution in [0.5, 0.6) is 5.75 Å². The first-order valence-electron chi connectivity index (χ1n) is 5.58. The SMILES string of the molecule is CCC[C@@H](O)c1cccc(OC(C)C)c1. The maximum absolute atomic E-state index is 9.82. The van der Waals surface area contributed by atoms with E-state index in [0.29, 0.717) is 0 Å². The number of rotatable bonds is 5. The van der Waals surface area contributed by atoms with Gasteiger partial charge in [0.15, 0.2) is 0 Å². The van der Waals surface area contributed by atoms with Crippen LogP contribution in [0.1, 0.15) is 45.3 Å². The Labute approximate surface area is 91.9 Å². The second-order valence-electron chi connectivity index (χ2n) is 4.04. The van der Waals surface area contributed by atoms with Crippen LogP contribution in [-0.4, -0.2) is 11.2 Å². The summed E-state index contributed by atoms with van der Waals surface area (Å²) in [6.07, 6.45) is 1.58. The molecule has 1 rings (SSSR count). The summed E-state index contributed by atoms with van der Waals surface area (Å²) in [5, 5.41) is 9.82. The van der Waals surface area contributed by atoms with E-state index in [-0.39, 0.29) is 12.2 Å². The third kappa shape index (κ3) is 3.92. The van der Waals surface area contributed by atoms with Gasteiger partial charge in [0.25, 0.3) is 0 Å². The first kappa shape index (κ1) is 12.1. The molecule has 0 heterocycles. The maximum Gasteiger partial charge on any atom is 0.120 e. The molecule has 0 aliphatic rings. The van der Waals surface area contributed by atoms with Crippen molar-refractivity contribution < 1.29 is 9.84 Å². The molecular weight excluding hydrogens is 188 g/mol. The standard InChI is InChI=1S/C13H20O2/c1-4-6-13(14)11-7-5-8-12(9-11)15-10(2)3/h5,7-10,13-14H,4,6H2,1-3H3/t13-/m1/s1. The number of hydrogen-bond acceptors (Lipinski definition) is 2. The quantitative estimate of drug-likeness (QED) is 0.804. The van der Waals surface area contributed by atoms with E-state index in [4.69, 9.17) is 4.74 Å². The first-order valence-corrected chi connectivity index (χ1v) is 5.58. The van der Waals surface area contributed by atoms with Crippen molar-refractivity contribution in [2.24, 2.45) is 0 Å². The largest absolute Gasteiger partial charge is 0.491 e. The van der Waals surface area contributed by atoms with E-state index in [0.717, 1.165) is 24.2 Å². The lowest BCUT2D eigenvalue weighted by Crippen LogP contribution is -2.06. The zero-order valence-corrected chi connectivity index (χ0v) is 9.73. The fraction of sp³-hybridized carbons (Fsp3) is 0.538. The molecule has 1 aromatic carbocycles. The third-order valence-electron chi connectivity index (χ3n) is 2.18. The fourth-order valence-corrected chi connectivity index (χ4v) is 1.51. The Morgan fingerprint density at radius 1 is 1.33 bits per heavy atom. The van der Waals surface area contributed by atoms with Crippen molar-refractivity contribution in [3.8, 4) is 5.75 Å². The summed E-state index contributed by atoms with van der Waals surface area (Å²) in [6.45, 7) is 6.06. The average molecular weight is 208 g/mol. The highest BCUT2D eigenvalue weighted by molar-refractivity contribution is 5.30. The summed E-state index contributed by atoms with van der Waals surface area (Å²) in [4.78, 5) is 0. The maximum atomic E-state index is 9.82. The molecule has 0 spiro atoms. The van der Waals surface area contributed by atoms with Crippen molar-refractivity contribution in [2.75, 3.05) is 0 Å². The summed E-state index contributed by atoms with van der Waals surface area (Å²) in [5.74, 6) is 0.831. The molecule has 0 unspecified atom stereocenters. The highest BCUT2D eigenvalue weighted by atomic mass is 16.5. The van der Waals surface area contributed by atoms with Crippen molar-refractivity contribution in [1.29, 1.82) is 0 Å². The molecule has 15 heavy (non-hydrogen) atoms. The van der Waals surface area contributed by atoms with Crippen LogP contribution in [0.2, 0.25) is 0 Å².